The molecule has 0 nitrogen and oxygen atoms in total. The molecule has 0 amide bonds. The Balaban J connectivity index is -0.000000540. The van der Waals surface area contributed by atoms with Crippen LogP contribution in [-0.2, 0) is 0 Å². The first-order valence-corrected chi connectivity index (χ1v) is 10.8. The van der Waals surface area contributed by atoms with Gasteiger partial charge in [0, 0.05) is 10.2 Å². The van der Waals surface area contributed by atoms with Crippen molar-refractivity contribution in [1.29, 1.82) is 0 Å². The Hall–Kier alpha value is 1.09. The lowest BCUT2D eigenvalue weighted by atomic mass is 10.0. The molecule has 0 aliphatic rings. The van der Waals surface area contributed by atoms with E-state index in [2.05, 4.69) is 6.92 Å². The largest absolute Gasteiger partial charge is 0.147 e. The van der Waals surface area contributed by atoms with Gasteiger partial charge in [-0.3, -0.25) is 0 Å². The quantitative estimate of drug-likeness (QED) is 0.190. The van der Waals surface area contributed by atoms with Crippen molar-refractivity contribution in [2.75, 3.05) is 0 Å². The van der Waals surface area contributed by atoms with Crippen LogP contribution >= 0.6 is 37.2 Å². The minimum absolute atomic E-state index is 0. The third-order valence-electron chi connectivity index (χ3n) is 4.21. The second-order valence-corrected chi connectivity index (χ2v) is 7.30. The molecular weight excluding hydrogens is 351 g/mol. The van der Waals surface area contributed by atoms with Gasteiger partial charge in [0.1, 0.15) is 0 Å². The summed E-state index contributed by atoms with van der Waals surface area (Å²) >= 11 is 0. The van der Waals surface area contributed by atoms with Gasteiger partial charge in [0.2, 0.25) is 0 Å². The van der Waals surface area contributed by atoms with Crippen LogP contribution < -0.4 is 0 Å². The molecule has 0 aromatic carbocycles. The second-order valence-electron chi connectivity index (χ2n) is 6.30. The molecule has 0 atom stereocenters. The third kappa shape index (κ3) is 29.1. The summed E-state index contributed by atoms with van der Waals surface area (Å²) in [5, 5.41) is 0. The zero-order chi connectivity index (χ0) is 14.0. The van der Waals surface area contributed by atoms with Gasteiger partial charge in [0.15, 0.2) is 0 Å². The molecule has 22 heavy (non-hydrogen) atoms. The summed E-state index contributed by atoms with van der Waals surface area (Å²) in [6.07, 6.45) is 23.7. The van der Waals surface area contributed by atoms with Crippen LogP contribution in [0.4, 0.5) is 0 Å². The zero-order valence-electron chi connectivity index (χ0n) is 15.2. The van der Waals surface area contributed by atoms with Crippen LogP contribution in [0.1, 0.15) is 110 Å². The number of hydrogen-bond donors (Lipinski definition) is 0. The lowest BCUT2D eigenvalue weighted by Gasteiger charge is -2.03. The van der Waals surface area contributed by atoms with Crippen molar-refractivity contribution < 1.29 is 0 Å². The highest BCUT2D eigenvalue weighted by Gasteiger charge is 1.94. The van der Waals surface area contributed by atoms with Gasteiger partial charge in [0.25, 0.3) is 0 Å². The van der Waals surface area contributed by atoms with Crippen LogP contribution in [0.5, 0.6) is 0 Å². The van der Waals surface area contributed by atoms with E-state index in [1.807, 2.05) is 0 Å². The third-order valence-corrected chi connectivity index (χ3v) is 4.91. The Labute approximate surface area is 163 Å². The first-order chi connectivity index (χ1) is 9.41. The van der Waals surface area contributed by atoms with Crippen molar-refractivity contribution in [3.05, 3.63) is 0 Å². The van der Waals surface area contributed by atoms with Gasteiger partial charge >= 0.3 is 0 Å². The normalized spacial score (nSPS) is 9.68. The van der Waals surface area contributed by atoms with Gasteiger partial charge in [-0.05, 0) is 0 Å². The maximum atomic E-state index is 2.30. The monoisotopic (exact) mass is 392 g/mol. The van der Waals surface area contributed by atoms with Gasteiger partial charge in [-0.25, -0.2) is 0 Å². The van der Waals surface area contributed by atoms with Crippen LogP contribution in [0, 0.1) is 0 Å². The van der Waals surface area contributed by atoms with Gasteiger partial charge in [-0.15, -0.1) is 37.2 Å². The van der Waals surface area contributed by atoms with Crippen molar-refractivity contribution in [2.24, 2.45) is 0 Å². The first kappa shape index (κ1) is 30.9. The zero-order valence-corrected chi connectivity index (χ0v) is 19.7. The van der Waals surface area contributed by atoms with Gasteiger partial charge < -0.3 is 0 Å². The number of halogens is 3. The first-order valence-electron chi connectivity index (χ1n) is 9.41. The van der Waals surface area contributed by atoms with E-state index < -0.39 is 0 Å². The molecule has 0 heterocycles. The molecular formula is C18H43Cl3Si. The molecule has 0 bridgehead atoms. The minimum Gasteiger partial charge on any atom is -0.147 e. The number of rotatable bonds is 16. The summed E-state index contributed by atoms with van der Waals surface area (Å²) in [6.45, 7) is 2.30. The highest BCUT2D eigenvalue weighted by molar-refractivity contribution is 6.08. The average molecular weight is 394 g/mol. The van der Waals surface area contributed by atoms with Crippen molar-refractivity contribution in [1.82, 2.24) is 0 Å². The fourth-order valence-electron chi connectivity index (χ4n) is 2.80. The lowest BCUT2D eigenvalue weighted by molar-refractivity contribution is 0.531. The van der Waals surface area contributed by atoms with Gasteiger partial charge in [-0.2, -0.15) is 0 Å². The standard InChI is InChI=1S/C18H40Si.3ClH/c1-2-3-4-5-6-7-8-9-10-11-12-13-14-15-16-17-18-19;;;/h2-18H2,1,19H3;3*1H. The van der Waals surface area contributed by atoms with Crippen molar-refractivity contribution in [3.63, 3.8) is 0 Å². The molecule has 0 N–H and O–H groups in total. The van der Waals surface area contributed by atoms with E-state index >= 15 is 0 Å². The summed E-state index contributed by atoms with van der Waals surface area (Å²) in [4.78, 5) is 0. The molecule has 4 heteroatoms. The van der Waals surface area contributed by atoms with E-state index in [-0.39, 0.29) is 37.2 Å². The summed E-state index contributed by atoms with van der Waals surface area (Å²) in [5.74, 6) is 0. The summed E-state index contributed by atoms with van der Waals surface area (Å²) < 4.78 is 0. The Morgan fingerprint density at radius 2 is 0.636 bits per heavy atom. The molecule has 0 aromatic rings. The average Bonchev–Trinajstić information content (AvgIpc) is 2.43. The van der Waals surface area contributed by atoms with E-state index in [1.54, 1.807) is 0 Å². The fraction of sp³-hybridized carbons (Fsp3) is 1.00. The van der Waals surface area contributed by atoms with Crippen LogP contribution in [0.2, 0.25) is 6.04 Å². The summed E-state index contributed by atoms with van der Waals surface area (Å²) in [7, 11) is 1.41. The lowest BCUT2D eigenvalue weighted by Crippen LogP contribution is -1.83. The Morgan fingerprint density at radius 1 is 0.409 bits per heavy atom. The maximum absolute atomic E-state index is 2.30. The van der Waals surface area contributed by atoms with E-state index in [1.165, 1.54) is 119 Å². The van der Waals surface area contributed by atoms with E-state index in [0.717, 1.165) is 0 Å². The van der Waals surface area contributed by atoms with Crippen LogP contribution in [-0.4, -0.2) is 10.2 Å². The highest BCUT2D eigenvalue weighted by Crippen LogP contribution is 2.13. The van der Waals surface area contributed by atoms with E-state index in [4.69, 9.17) is 0 Å². The highest BCUT2D eigenvalue weighted by atomic mass is 35.5. The molecule has 0 saturated heterocycles. The molecule has 0 rings (SSSR count). The Kier molecular flexibility index (Phi) is 42.2. The molecule has 0 aromatic heterocycles. The summed E-state index contributed by atoms with van der Waals surface area (Å²) in [5.41, 5.74) is 0. The molecule has 140 valence electrons. The van der Waals surface area contributed by atoms with E-state index in [0.29, 0.717) is 0 Å². The van der Waals surface area contributed by atoms with Crippen LogP contribution in [0.25, 0.3) is 0 Å². The molecule has 0 fully saturated rings. The second kappa shape index (κ2) is 30.0. The molecule has 0 aliphatic carbocycles. The Bertz CT molecular complexity index is 141. The maximum Gasteiger partial charge on any atom is 0.00279 e. The summed E-state index contributed by atoms with van der Waals surface area (Å²) in [6, 6.07) is 1.51. The minimum atomic E-state index is 0. The SMILES string of the molecule is CCCCCCCCCCCCCCCCCC[SiH3].Cl.Cl.Cl. The fourth-order valence-corrected chi connectivity index (χ4v) is 3.30. The van der Waals surface area contributed by atoms with Gasteiger partial charge in [0.05, 0.1) is 0 Å². The molecule has 0 spiro atoms. The molecule has 0 unspecified atom stereocenters. The predicted octanol–water partition coefficient (Wildman–Crippen LogP) is 7.30. The van der Waals surface area contributed by atoms with Crippen LogP contribution in [0.3, 0.4) is 0 Å². The topological polar surface area (TPSA) is 0 Å². The van der Waals surface area contributed by atoms with Gasteiger partial charge in [-0.1, -0.05) is 116 Å². The predicted molar refractivity (Wildman–Crippen MR) is 116 cm³/mol. The Morgan fingerprint density at radius 3 is 0.864 bits per heavy atom. The van der Waals surface area contributed by atoms with Crippen LogP contribution in [0.15, 0.2) is 0 Å². The van der Waals surface area contributed by atoms with Crippen molar-refractivity contribution in [3.8, 4) is 0 Å². The molecule has 0 saturated carbocycles. The number of hydrogen-bond acceptors (Lipinski definition) is 0. The van der Waals surface area contributed by atoms with Crippen molar-refractivity contribution >= 4 is 47.5 Å². The van der Waals surface area contributed by atoms with E-state index in [9.17, 15) is 0 Å². The molecule has 0 aliphatic heterocycles. The molecule has 0 radical (unpaired) electrons. The smallest absolute Gasteiger partial charge is 0.00279 e. The number of unbranched alkanes of at least 4 members (excludes halogenated alkanes) is 15. The van der Waals surface area contributed by atoms with Crippen molar-refractivity contribution in [2.45, 2.75) is 116 Å².